The van der Waals surface area contributed by atoms with E-state index in [9.17, 15) is 4.21 Å². The number of rotatable bonds is 6. The molecule has 0 radical (unpaired) electrons. The molecule has 0 aliphatic heterocycles. The van der Waals surface area contributed by atoms with Gasteiger partial charge in [0.05, 0.1) is 0 Å². The van der Waals surface area contributed by atoms with Gasteiger partial charge in [0.15, 0.2) is 5.16 Å². The molecule has 0 bridgehead atoms. The zero-order valence-corrected chi connectivity index (χ0v) is 11.9. The van der Waals surface area contributed by atoms with Crippen molar-refractivity contribution >= 4 is 34.2 Å². The van der Waals surface area contributed by atoms with Gasteiger partial charge in [0, 0.05) is 34.9 Å². The van der Waals surface area contributed by atoms with Gasteiger partial charge in [-0.1, -0.05) is 11.8 Å². The number of anilines is 2. The van der Waals surface area contributed by atoms with Crippen LogP contribution in [0.4, 0.5) is 11.6 Å². The summed E-state index contributed by atoms with van der Waals surface area (Å²) >= 11 is 1.45. The Hall–Kier alpha value is -0.820. The molecule has 7 heteroatoms. The predicted molar refractivity (Wildman–Crippen MR) is 74.9 cm³/mol. The lowest BCUT2D eigenvalue weighted by atomic mass is 10.2. The van der Waals surface area contributed by atoms with Gasteiger partial charge >= 0.3 is 0 Å². The quantitative estimate of drug-likeness (QED) is 0.602. The Bertz CT molecular complexity index is 400. The van der Waals surface area contributed by atoms with Gasteiger partial charge in [0.25, 0.3) is 0 Å². The third-order valence-electron chi connectivity index (χ3n) is 2.14. The molecule has 1 aromatic rings. The third kappa shape index (κ3) is 5.36. The molecule has 0 spiro atoms. The van der Waals surface area contributed by atoms with E-state index in [4.69, 9.17) is 5.73 Å². The lowest BCUT2D eigenvalue weighted by molar-refractivity contribution is 0.678. The van der Waals surface area contributed by atoms with Crippen molar-refractivity contribution in [3.8, 4) is 0 Å². The topological polar surface area (TPSA) is 80.9 Å². The van der Waals surface area contributed by atoms with Gasteiger partial charge < -0.3 is 11.1 Å². The van der Waals surface area contributed by atoms with Gasteiger partial charge in [-0.15, -0.1) is 0 Å². The van der Waals surface area contributed by atoms with Crippen molar-refractivity contribution in [2.45, 2.75) is 24.5 Å². The van der Waals surface area contributed by atoms with E-state index in [1.807, 2.05) is 13.2 Å². The van der Waals surface area contributed by atoms with Crippen LogP contribution in [0.15, 0.2) is 11.2 Å². The second-order valence-electron chi connectivity index (χ2n) is 3.78. The summed E-state index contributed by atoms with van der Waals surface area (Å²) in [5.41, 5.74) is 5.68. The van der Waals surface area contributed by atoms with Crippen molar-refractivity contribution < 1.29 is 4.21 Å². The fourth-order valence-corrected chi connectivity index (χ4v) is 2.35. The van der Waals surface area contributed by atoms with Crippen LogP contribution in [-0.2, 0) is 10.8 Å². The number of nitrogens with zero attached hydrogens (tertiary/aromatic N) is 2. The third-order valence-corrected chi connectivity index (χ3v) is 3.50. The van der Waals surface area contributed by atoms with Crippen molar-refractivity contribution in [2.75, 3.05) is 29.3 Å². The summed E-state index contributed by atoms with van der Waals surface area (Å²) in [6, 6.07) is 1.92. The fraction of sp³-hybridized carbons (Fsp3) is 0.600. The summed E-state index contributed by atoms with van der Waals surface area (Å²) in [6.45, 7) is 2.03. The molecule has 0 fully saturated rings. The molecular weight excluding hydrogens is 256 g/mol. The Balaban J connectivity index is 2.61. The van der Waals surface area contributed by atoms with Gasteiger partial charge in [-0.25, -0.2) is 9.97 Å². The van der Waals surface area contributed by atoms with Crippen LogP contribution >= 0.6 is 11.8 Å². The molecule has 0 aliphatic rings. The summed E-state index contributed by atoms with van der Waals surface area (Å²) in [4.78, 5) is 8.38. The number of hydrogen-bond acceptors (Lipinski definition) is 6. The normalized spacial score (nSPS) is 14.3. The standard InChI is InChI=1S/C10H18N4OS2/c1-7(4-5-17(3)15)12-9-6-8(11)13-10(14-9)16-2/h6-7H,4-5H2,1-3H3,(H3,11,12,13,14). The first-order valence-electron chi connectivity index (χ1n) is 5.26. The van der Waals surface area contributed by atoms with E-state index in [1.54, 1.807) is 12.3 Å². The van der Waals surface area contributed by atoms with E-state index in [2.05, 4.69) is 15.3 Å². The lowest BCUT2D eigenvalue weighted by Gasteiger charge is -2.14. The van der Waals surface area contributed by atoms with Crippen LogP contribution in [0, 0.1) is 0 Å². The zero-order valence-electron chi connectivity index (χ0n) is 10.3. The molecular formula is C10H18N4OS2. The van der Waals surface area contributed by atoms with Crippen LogP contribution in [-0.4, -0.2) is 38.5 Å². The number of aromatic nitrogens is 2. The fourth-order valence-electron chi connectivity index (χ4n) is 1.28. The second-order valence-corrected chi connectivity index (χ2v) is 6.10. The van der Waals surface area contributed by atoms with Crippen LogP contribution in [0.5, 0.6) is 0 Å². The average Bonchev–Trinajstić information content (AvgIpc) is 2.25. The molecule has 1 heterocycles. The minimum atomic E-state index is -0.756. The maximum Gasteiger partial charge on any atom is 0.191 e. The maximum absolute atomic E-state index is 11.0. The molecule has 0 aromatic carbocycles. The van der Waals surface area contributed by atoms with E-state index in [0.717, 1.165) is 12.2 Å². The van der Waals surface area contributed by atoms with Crippen molar-refractivity contribution in [1.29, 1.82) is 0 Å². The minimum Gasteiger partial charge on any atom is -0.383 e. The van der Waals surface area contributed by atoms with E-state index >= 15 is 0 Å². The Morgan fingerprint density at radius 1 is 1.59 bits per heavy atom. The van der Waals surface area contributed by atoms with Gasteiger partial charge in [0.2, 0.25) is 0 Å². The summed E-state index contributed by atoms with van der Waals surface area (Å²) in [5, 5.41) is 3.89. The number of hydrogen-bond donors (Lipinski definition) is 2. The minimum absolute atomic E-state index is 0.211. The molecule has 96 valence electrons. The monoisotopic (exact) mass is 274 g/mol. The Morgan fingerprint density at radius 3 is 2.88 bits per heavy atom. The van der Waals surface area contributed by atoms with Crippen molar-refractivity contribution in [3.05, 3.63) is 6.07 Å². The Morgan fingerprint density at radius 2 is 2.29 bits per heavy atom. The molecule has 1 aromatic heterocycles. The molecule has 5 nitrogen and oxygen atoms in total. The SMILES string of the molecule is CSc1nc(N)cc(NC(C)CCS(C)=O)n1. The molecule has 1 rings (SSSR count). The van der Waals surface area contributed by atoms with Gasteiger partial charge in [-0.05, 0) is 19.6 Å². The summed E-state index contributed by atoms with van der Waals surface area (Å²) in [7, 11) is -0.756. The van der Waals surface area contributed by atoms with Crippen LogP contribution < -0.4 is 11.1 Å². The van der Waals surface area contributed by atoms with E-state index in [-0.39, 0.29) is 6.04 Å². The first-order chi connectivity index (χ1) is 8.01. The molecule has 0 amide bonds. The lowest BCUT2D eigenvalue weighted by Crippen LogP contribution is -2.19. The second kappa shape index (κ2) is 6.80. The molecule has 3 N–H and O–H groups in total. The van der Waals surface area contributed by atoms with Gasteiger partial charge in [0.1, 0.15) is 11.6 Å². The summed E-state index contributed by atoms with van der Waals surface area (Å²) in [5.74, 6) is 1.86. The van der Waals surface area contributed by atoms with Crippen LogP contribution in [0.2, 0.25) is 0 Å². The predicted octanol–water partition coefficient (Wildman–Crippen LogP) is 1.35. The van der Waals surface area contributed by atoms with Gasteiger partial charge in [-0.2, -0.15) is 0 Å². The molecule has 2 unspecified atom stereocenters. The highest BCUT2D eigenvalue weighted by Gasteiger charge is 2.06. The van der Waals surface area contributed by atoms with E-state index in [1.165, 1.54) is 11.8 Å². The molecule has 17 heavy (non-hydrogen) atoms. The highest BCUT2D eigenvalue weighted by molar-refractivity contribution is 7.98. The highest BCUT2D eigenvalue weighted by Crippen LogP contribution is 2.16. The summed E-state index contributed by atoms with van der Waals surface area (Å²) < 4.78 is 11.0. The number of nitrogen functional groups attached to an aromatic ring is 1. The Labute approximate surface area is 108 Å². The van der Waals surface area contributed by atoms with Crippen LogP contribution in [0.3, 0.4) is 0 Å². The van der Waals surface area contributed by atoms with Crippen LogP contribution in [0.1, 0.15) is 13.3 Å². The van der Waals surface area contributed by atoms with Gasteiger partial charge in [-0.3, -0.25) is 4.21 Å². The molecule has 2 atom stereocenters. The Kier molecular flexibility index (Phi) is 5.70. The van der Waals surface area contributed by atoms with Crippen molar-refractivity contribution in [3.63, 3.8) is 0 Å². The maximum atomic E-state index is 11.0. The highest BCUT2D eigenvalue weighted by atomic mass is 32.2. The number of nitrogens with two attached hydrogens (primary N) is 1. The van der Waals surface area contributed by atoms with E-state index in [0.29, 0.717) is 16.7 Å². The smallest absolute Gasteiger partial charge is 0.191 e. The van der Waals surface area contributed by atoms with Crippen molar-refractivity contribution in [1.82, 2.24) is 9.97 Å². The summed E-state index contributed by atoms with van der Waals surface area (Å²) in [6.07, 6.45) is 4.45. The van der Waals surface area contributed by atoms with Crippen molar-refractivity contribution in [2.24, 2.45) is 0 Å². The number of nitrogens with one attached hydrogen (secondary N) is 1. The first-order valence-corrected chi connectivity index (χ1v) is 8.21. The molecule has 0 saturated carbocycles. The first kappa shape index (κ1) is 14.2. The van der Waals surface area contributed by atoms with E-state index < -0.39 is 10.8 Å². The van der Waals surface area contributed by atoms with Crippen LogP contribution in [0.25, 0.3) is 0 Å². The zero-order chi connectivity index (χ0) is 12.8. The molecule has 0 aliphatic carbocycles. The number of thioether (sulfide) groups is 1. The average molecular weight is 274 g/mol. The largest absolute Gasteiger partial charge is 0.383 e. The molecule has 0 saturated heterocycles.